The Labute approximate surface area is 86.4 Å². The second-order valence-corrected chi connectivity index (χ2v) is 2.37. The van der Waals surface area contributed by atoms with E-state index < -0.39 is 0 Å². The van der Waals surface area contributed by atoms with Crippen molar-refractivity contribution in [2.45, 2.75) is 20.3 Å². The zero-order valence-electron chi connectivity index (χ0n) is 8.98. The van der Waals surface area contributed by atoms with Gasteiger partial charge in [-0.15, -0.1) is 6.58 Å². The van der Waals surface area contributed by atoms with Crippen molar-refractivity contribution in [3.8, 4) is 0 Å². The SMILES string of the molecule is C=CCCN=Cc1ccccn1.CC. The minimum Gasteiger partial charge on any atom is -0.291 e. The minimum absolute atomic E-state index is 0.792. The van der Waals surface area contributed by atoms with Gasteiger partial charge in [0, 0.05) is 19.0 Å². The number of pyridine rings is 1. The summed E-state index contributed by atoms with van der Waals surface area (Å²) in [6, 6.07) is 5.76. The molecule has 0 amide bonds. The number of nitrogens with zero attached hydrogens (tertiary/aromatic N) is 2. The van der Waals surface area contributed by atoms with Gasteiger partial charge in [-0.25, -0.2) is 0 Å². The quantitative estimate of drug-likeness (QED) is 0.407. The molecule has 0 saturated carbocycles. The van der Waals surface area contributed by atoms with Crippen LogP contribution in [0.15, 0.2) is 42.0 Å². The van der Waals surface area contributed by atoms with Crippen LogP contribution in [0.5, 0.6) is 0 Å². The van der Waals surface area contributed by atoms with Crippen molar-refractivity contribution in [3.05, 3.63) is 42.7 Å². The molecule has 76 valence electrons. The fourth-order valence-electron chi connectivity index (χ4n) is 0.776. The van der Waals surface area contributed by atoms with Crippen LogP contribution in [0.4, 0.5) is 0 Å². The molecule has 0 atom stereocenters. The van der Waals surface area contributed by atoms with Gasteiger partial charge >= 0.3 is 0 Å². The van der Waals surface area contributed by atoms with E-state index in [-0.39, 0.29) is 0 Å². The predicted octanol–water partition coefficient (Wildman–Crippen LogP) is 3.10. The minimum atomic E-state index is 0.792. The molecule has 0 aliphatic heterocycles. The summed E-state index contributed by atoms with van der Waals surface area (Å²) in [5, 5.41) is 0. The molecule has 0 aliphatic carbocycles. The summed E-state index contributed by atoms with van der Waals surface area (Å²) in [7, 11) is 0. The van der Waals surface area contributed by atoms with Crippen LogP contribution in [0, 0.1) is 0 Å². The smallest absolute Gasteiger partial charge is 0.0807 e. The Morgan fingerprint density at radius 1 is 1.43 bits per heavy atom. The van der Waals surface area contributed by atoms with Crippen LogP contribution in [0.25, 0.3) is 0 Å². The molecule has 1 rings (SSSR count). The van der Waals surface area contributed by atoms with E-state index >= 15 is 0 Å². The normalized spacial score (nSPS) is 9.29. The maximum absolute atomic E-state index is 4.17. The third kappa shape index (κ3) is 6.12. The Morgan fingerprint density at radius 2 is 2.21 bits per heavy atom. The van der Waals surface area contributed by atoms with Crippen molar-refractivity contribution < 1.29 is 0 Å². The van der Waals surface area contributed by atoms with Gasteiger partial charge < -0.3 is 0 Å². The van der Waals surface area contributed by atoms with Gasteiger partial charge in [0.2, 0.25) is 0 Å². The molecule has 0 spiro atoms. The van der Waals surface area contributed by atoms with Gasteiger partial charge in [-0.1, -0.05) is 26.0 Å². The second-order valence-electron chi connectivity index (χ2n) is 2.37. The van der Waals surface area contributed by atoms with Crippen molar-refractivity contribution >= 4 is 6.21 Å². The highest BCUT2D eigenvalue weighted by Gasteiger charge is 1.83. The molecule has 0 unspecified atom stereocenters. The van der Waals surface area contributed by atoms with Gasteiger partial charge in [-0.2, -0.15) is 0 Å². The molecule has 0 aliphatic rings. The molecular formula is C12H18N2. The van der Waals surface area contributed by atoms with Crippen LogP contribution in [-0.4, -0.2) is 17.7 Å². The lowest BCUT2D eigenvalue weighted by Gasteiger charge is -1.89. The molecule has 0 aromatic carbocycles. The Bertz CT molecular complexity index is 252. The van der Waals surface area contributed by atoms with E-state index in [1.165, 1.54) is 0 Å². The van der Waals surface area contributed by atoms with Gasteiger partial charge in [-0.3, -0.25) is 9.98 Å². The predicted molar refractivity (Wildman–Crippen MR) is 62.9 cm³/mol. The maximum Gasteiger partial charge on any atom is 0.0807 e. The number of hydrogen-bond acceptors (Lipinski definition) is 2. The second kappa shape index (κ2) is 9.65. The first-order chi connectivity index (χ1) is 6.93. The first kappa shape index (κ1) is 12.6. The summed E-state index contributed by atoms with van der Waals surface area (Å²) in [6.45, 7) is 8.41. The van der Waals surface area contributed by atoms with E-state index in [2.05, 4.69) is 16.6 Å². The summed E-state index contributed by atoms with van der Waals surface area (Å²) in [5.74, 6) is 0. The molecular weight excluding hydrogens is 172 g/mol. The molecule has 0 saturated heterocycles. The van der Waals surface area contributed by atoms with Crippen LogP contribution in [0.3, 0.4) is 0 Å². The first-order valence-electron chi connectivity index (χ1n) is 4.95. The summed E-state index contributed by atoms with van der Waals surface area (Å²) in [6.07, 6.45) is 6.32. The molecule has 2 heteroatoms. The van der Waals surface area contributed by atoms with Crippen molar-refractivity contribution in [1.29, 1.82) is 0 Å². The van der Waals surface area contributed by atoms with E-state index in [0.29, 0.717) is 0 Å². The van der Waals surface area contributed by atoms with E-state index in [1.54, 1.807) is 12.4 Å². The maximum atomic E-state index is 4.17. The van der Waals surface area contributed by atoms with Crippen molar-refractivity contribution in [2.75, 3.05) is 6.54 Å². The zero-order valence-corrected chi connectivity index (χ0v) is 8.98. The van der Waals surface area contributed by atoms with E-state index in [9.17, 15) is 0 Å². The lowest BCUT2D eigenvalue weighted by atomic mass is 10.4. The topological polar surface area (TPSA) is 25.2 Å². The van der Waals surface area contributed by atoms with Crippen LogP contribution in [0.1, 0.15) is 26.0 Å². The van der Waals surface area contributed by atoms with Crippen molar-refractivity contribution in [3.63, 3.8) is 0 Å². The van der Waals surface area contributed by atoms with E-state index in [1.807, 2.05) is 38.1 Å². The molecule has 0 radical (unpaired) electrons. The summed E-state index contributed by atoms with van der Waals surface area (Å²) in [4.78, 5) is 8.27. The lowest BCUT2D eigenvalue weighted by Crippen LogP contribution is -1.86. The van der Waals surface area contributed by atoms with Crippen molar-refractivity contribution in [2.24, 2.45) is 4.99 Å². The zero-order chi connectivity index (χ0) is 10.6. The number of rotatable bonds is 4. The molecule has 1 aromatic heterocycles. The Hall–Kier alpha value is -1.44. The number of aliphatic imine (C=N–C) groups is 1. The lowest BCUT2D eigenvalue weighted by molar-refractivity contribution is 1.01. The van der Waals surface area contributed by atoms with Crippen LogP contribution < -0.4 is 0 Å². The molecule has 0 bridgehead atoms. The average Bonchev–Trinajstić information content (AvgIpc) is 2.29. The summed E-state index contributed by atoms with van der Waals surface area (Å²) >= 11 is 0. The van der Waals surface area contributed by atoms with Gasteiger partial charge in [-0.05, 0) is 18.6 Å². The summed E-state index contributed by atoms with van der Waals surface area (Å²) in [5.41, 5.74) is 0.904. The molecule has 1 heterocycles. The standard InChI is InChI=1S/C10H12N2.C2H6/c1-2-3-7-11-9-10-6-4-5-8-12-10;1-2/h2,4-6,8-9H,1,3,7H2;1-2H3. The van der Waals surface area contributed by atoms with Gasteiger partial charge in [0.25, 0.3) is 0 Å². The monoisotopic (exact) mass is 190 g/mol. The molecule has 1 aromatic rings. The largest absolute Gasteiger partial charge is 0.291 e. The molecule has 0 fully saturated rings. The van der Waals surface area contributed by atoms with Gasteiger partial charge in [0.1, 0.15) is 0 Å². The van der Waals surface area contributed by atoms with E-state index in [4.69, 9.17) is 0 Å². The fourth-order valence-corrected chi connectivity index (χ4v) is 0.776. The Balaban J connectivity index is 0.000000791. The van der Waals surface area contributed by atoms with Gasteiger partial charge in [0.15, 0.2) is 0 Å². The van der Waals surface area contributed by atoms with Crippen molar-refractivity contribution in [1.82, 2.24) is 4.98 Å². The van der Waals surface area contributed by atoms with E-state index in [0.717, 1.165) is 18.7 Å². The number of hydrogen-bond donors (Lipinski definition) is 0. The highest BCUT2D eigenvalue weighted by Crippen LogP contribution is 1.89. The highest BCUT2D eigenvalue weighted by molar-refractivity contribution is 5.76. The third-order valence-electron chi connectivity index (χ3n) is 1.37. The van der Waals surface area contributed by atoms with Crippen LogP contribution in [0.2, 0.25) is 0 Å². The Morgan fingerprint density at radius 3 is 2.79 bits per heavy atom. The summed E-state index contributed by atoms with van der Waals surface area (Å²) < 4.78 is 0. The highest BCUT2D eigenvalue weighted by atomic mass is 14.7. The van der Waals surface area contributed by atoms with Crippen LogP contribution >= 0.6 is 0 Å². The number of aromatic nitrogens is 1. The third-order valence-corrected chi connectivity index (χ3v) is 1.37. The fraction of sp³-hybridized carbons (Fsp3) is 0.333. The van der Waals surface area contributed by atoms with Crippen LogP contribution in [-0.2, 0) is 0 Å². The first-order valence-corrected chi connectivity index (χ1v) is 4.95. The molecule has 14 heavy (non-hydrogen) atoms. The Kier molecular flexibility index (Phi) is 8.65. The van der Waals surface area contributed by atoms with Gasteiger partial charge in [0.05, 0.1) is 5.69 Å². The average molecular weight is 190 g/mol. The molecule has 0 N–H and O–H groups in total. The molecule has 2 nitrogen and oxygen atoms in total.